The van der Waals surface area contributed by atoms with E-state index in [1.165, 1.54) is 36.4 Å². The van der Waals surface area contributed by atoms with E-state index in [4.69, 9.17) is 40.5 Å². The van der Waals surface area contributed by atoms with Gasteiger partial charge in [0.25, 0.3) is 10.0 Å². The van der Waals surface area contributed by atoms with Gasteiger partial charge in [0.1, 0.15) is 0 Å². The fourth-order valence-electron chi connectivity index (χ4n) is 1.52. The van der Waals surface area contributed by atoms with Crippen LogP contribution in [0.5, 0.6) is 0 Å². The van der Waals surface area contributed by atoms with Crippen molar-refractivity contribution in [2.75, 3.05) is 10.5 Å². The largest absolute Gasteiger partial charge is 0.397 e. The topological polar surface area (TPSA) is 72.2 Å². The molecule has 8 heteroatoms. The van der Waals surface area contributed by atoms with Gasteiger partial charge in [-0.05, 0) is 36.4 Å². The molecule has 2 rings (SSSR count). The number of nitrogen functional groups attached to an aromatic ring is 1. The number of sulfonamides is 1. The molecule has 0 bridgehead atoms. The summed E-state index contributed by atoms with van der Waals surface area (Å²) in [5, 5.41) is 0.936. The van der Waals surface area contributed by atoms with Crippen LogP contribution in [0.1, 0.15) is 0 Å². The minimum absolute atomic E-state index is 0.00417. The van der Waals surface area contributed by atoms with Gasteiger partial charge in [-0.2, -0.15) is 0 Å². The van der Waals surface area contributed by atoms with Gasteiger partial charge in [-0.15, -0.1) is 0 Å². The Balaban J connectivity index is 2.37. The molecule has 106 valence electrons. The van der Waals surface area contributed by atoms with Gasteiger partial charge in [-0.3, -0.25) is 4.72 Å². The van der Waals surface area contributed by atoms with Crippen molar-refractivity contribution >= 4 is 56.2 Å². The van der Waals surface area contributed by atoms with Gasteiger partial charge in [0, 0.05) is 10.0 Å². The highest BCUT2D eigenvalue weighted by atomic mass is 35.5. The van der Waals surface area contributed by atoms with Crippen molar-refractivity contribution in [1.29, 1.82) is 0 Å². The Morgan fingerprint density at radius 1 is 0.950 bits per heavy atom. The van der Waals surface area contributed by atoms with E-state index in [9.17, 15) is 8.42 Å². The van der Waals surface area contributed by atoms with E-state index >= 15 is 0 Å². The highest BCUT2D eigenvalue weighted by Crippen LogP contribution is 2.26. The van der Waals surface area contributed by atoms with Gasteiger partial charge >= 0.3 is 0 Å². The quantitative estimate of drug-likeness (QED) is 0.820. The average molecular weight is 352 g/mol. The number of nitrogens with two attached hydrogens (primary N) is 1. The summed E-state index contributed by atoms with van der Waals surface area (Å²) in [7, 11) is -3.79. The summed E-state index contributed by atoms with van der Waals surface area (Å²) < 4.78 is 26.8. The molecule has 2 aromatic rings. The molecule has 0 atom stereocenters. The van der Waals surface area contributed by atoms with E-state index in [1.54, 1.807) is 0 Å². The number of hydrogen-bond donors (Lipinski definition) is 2. The van der Waals surface area contributed by atoms with Crippen LogP contribution >= 0.6 is 34.8 Å². The van der Waals surface area contributed by atoms with E-state index in [1.807, 2.05) is 0 Å². The first kappa shape index (κ1) is 15.3. The van der Waals surface area contributed by atoms with Gasteiger partial charge in [-0.25, -0.2) is 8.42 Å². The number of hydrogen-bond acceptors (Lipinski definition) is 3. The van der Waals surface area contributed by atoms with E-state index in [2.05, 4.69) is 4.72 Å². The molecule has 0 fully saturated rings. The van der Waals surface area contributed by atoms with Gasteiger partial charge < -0.3 is 5.73 Å². The summed E-state index contributed by atoms with van der Waals surface area (Å²) in [4.78, 5) is -0.00417. The highest BCUT2D eigenvalue weighted by molar-refractivity contribution is 7.92. The molecule has 4 nitrogen and oxygen atoms in total. The van der Waals surface area contributed by atoms with Crippen molar-refractivity contribution in [1.82, 2.24) is 0 Å². The van der Waals surface area contributed by atoms with Crippen LogP contribution in [0, 0.1) is 0 Å². The molecule has 0 spiro atoms. The zero-order chi connectivity index (χ0) is 14.9. The molecule has 0 amide bonds. The van der Waals surface area contributed by atoms with Gasteiger partial charge in [0.15, 0.2) is 0 Å². The molecule has 0 aliphatic heterocycles. The summed E-state index contributed by atoms with van der Waals surface area (Å²) in [6.45, 7) is 0. The molecule has 0 radical (unpaired) electrons. The third-order valence-electron chi connectivity index (χ3n) is 2.39. The molecule has 0 aromatic heterocycles. The first-order valence-electron chi connectivity index (χ1n) is 5.32. The van der Waals surface area contributed by atoms with E-state index in [0.717, 1.165) is 0 Å². The third kappa shape index (κ3) is 3.49. The van der Waals surface area contributed by atoms with Crippen LogP contribution in [0.3, 0.4) is 0 Å². The van der Waals surface area contributed by atoms with Crippen LogP contribution in [0.2, 0.25) is 15.1 Å². The number of benzene rings is 2. The van der Waals surface area contributed by atoms with E-state index < -0.39 is 10.0 Å². The summed E-state index contributed by atoms with van der Waals surface area (Å²) in [5.41, 5.74) is 6.03. The van der Waals surface area contributed by atoms with Crippen molar-refractivity contribution in [3.63, 3.8) is 0 Å². The van der Waals surface area contributed by atoms with Crippen LogP contribution in [0.15, 0.2) is 41.3 Å². The number of anilines is 2. The second kappa shape index (κ2) is 5.69. The molecule has 2 aromatic carbocycles. The number of halogens is 3. The van der Waals surface area contributed by atoms with Crippen LogP contribution in [-0.4, -0.2) is 8.42 Å². The average Bonchev–Trinajstić information content (AvgIpc) is 2.30. The normalized spacial score (nSPS) is 11.3. The maximum atomic E-state index is 12.2. The van der Waals surface area contributed by atoms with Crippen LogP contribution < -0.4 is 10.5 Å². The maximum absolute atomic E-state index is 12.2. The fourth-order valence-corrected chi connectivity index (χ4v) is 3.23. The first-order chi connectivity index (χ1) is 9.28. The zero-order valence-electron chi connectivity index (χ0n) is 9.90. The maximum Gasteiger partial charge on any atom is 0.261 e. The number of nitrogens with one attached hydrogen (secondary N) is 1. The molecule has 0 aliphatic rings. The molecule has 20 heavy (non-hydrogen) atoms. The minimum atomic E-state index is -3.79. The van der Waals surface area contributed by atoms with Crippen molar-refractivity contribution in [2.24, 2.45) is 0 Å². The van der Waals surface area contributed by atoms with Gasteiger partial charge in [-0.1, -0.05) is 34.8 Å². The molecule has 0 saturated heterocycles. The van der Waals surface area contributed by atoms with Crippen LogP contribution in [0.4, 0.5) is 11.4 Å². The fraction of sp³-hybridized carbons (Fsp3) is 0. The Labute approximate surface area is 131 Å². The predicted molar refractivity (Wildman–Crippen MR) is 83.1 cm³/mol. The highest BCUT2D eigenvalue weighted by Gasteiger charge is 2.16. The van der Waals surface area contributed by atoms with Crippen LogP contribution in [0.25, 0.3) is 0 Å². The monoisotopic (exact) mass is 350 g/mol. The molecule has 0 aliphatic carbocycles. The minimum Gasteiger partial charge on any atom is -0.397 e. The molecule has 0 unspecified atom stereocenters. The Morgan fingerprint density at radius 2 is 1.55 bits per heavy atom. The SMILES string of the molecule is Nc1cc(S(=O)(=O)Nc2cc(Cl)cc(Cl)c2)ccc1Cl. The lowest BCUT2D eigenvalue weighted by Gasteiger charge is -2.10. The molecular formula is C12H9Cl3N2O2S. The lowest BCUT2D eigenvalue weighted by Crippen LogP contribution is -2.13. The van der Waals surface area contributed by atoms with Crippen molar-refractivity contribution in [3.05, 3.63) is 51.5 Å². The zero-order valence-corrected chi connectivity index (χ0v) is 13.0. The number of rotatable bonds is 3. The molecule has 0 heterocycles. The van der Waals surface area contributed by atoms with Crippen LogP contribution in [-0.2, 0) is 10.0 Å². The Kier molecular flexibility index (Phi) is 4.34. The molecule has 3 N–H and O–H groups in total. The summed E-state index contributed by atoms with van der Waals surface area (Å²) >= 11 is 17.4. The lowest BCUT2D eigenvalue weighted by atomic mass is 10.3. The second-order valence-corrected chi connectivity index (χ2v) is 6.91. The van der Waals surface area contributed by atoms with Crippen molar-refractivity contribution in [2.45, 2.75) is 4.90 Å². The smallest absolute Gasteiger partial charge is 0.261 e. The Hall–Kier alpha value is -1.14. The Bertz CT molecular complexity index is 743. The first-order valence-corrected chi connectivity index (χ1v) is 7.93. The molecule has 0 saturated carbocycles. The summed E-state index contributed by atoms with van der Waals surface area (Å²) in [5.74, 6) is 0. The molecular weight excluding hydrogens is 343 g/mol. The van der Waals surface area contributed by atoms with Gasteiger partial charge in [0.05, 0.1) is 21.3 Å². The van der Waals surface area contributed by atoms with Crippen molar-refractivity contribution in [3.8, 4) is 0 Å². The summed E-state index contributed by atoms with van der Waals surface area (Å²) in [6, 6.07) is 8.44. The van der Waals surface area contributed by atoms with E-state index in [-0.39, 0.29) is 21.3 Å². The third-order valence-corrected chi connectivity index (χ3v) is 4.55. The predicted octanol–water partition coefficient (Wildman–Crippen LogP) is 4.03. The second-order valence-electron chi connectivity index (χ2n) is 3.95. The summed E-state index contributed by atoms with van der Waals surface area (Å²) in [6.07, 6.45) is 0. The van der Waals surface area contributed by atoms with Crippen molar-refractivity contribution < 1.29 is 8.42 Å². The lowest BCUT2D eigenvalue weighted by molar-refractivity contribution is 0.601. The van der Waals surface area contributed by atoms with Gasteiger partial charge in [0.2, 0.25) is 0 Å². The Morgan fingerprint density at radius 3 is 2.10 bits per heavy atom. The van der Waals surface area contributed by atoms with E-state index in [0.29, 0.717) is 10.0 Å². The standard InChI is InChI=1S/C12H9Cl3N2O2S/c13-7-3-8(14)5-9(4-7)17-20(18,19)10-1-2-11(15)12(16)6-10/h1-6,17H,16H2.